The van der Waals surface area contributed by atoms with Gasteiger partial charge in [-0.15, -0.1) is 28.4 Å². The van der Waals surface area contributed by atoms with Gasteiger partial charge in [-0.1, -0.05) is 105 Å². The van der Waals surface area contributed by atoms with Crippen LogP contribution in [0.2, 0.25) is 0 Å². The first-order chi connectivity index (χ1) is 32.2. The zero-order valence-corrected chi connectivity index (χ0v) is 41.4. The third kappa shape index (κ3) is 10.1. The Morgan fingerprint density at radius 2 is 1.24 bits per heavy atom. The van der Waals surface area contributed by atoms with E-state index < -0.39 is 10.3 Å². The number of hydrogen-bond donors (Lipinski definition) is 0. The molecule has 66 heavy (non-hydrogen) atoms. The molecule has 0 fully saturated rings. The Labute approximate surface area is 400 Å². The molecule has 6 nitrogen and oxygen atoms in total. The third-order valence-electron chi connectivity index (χ3n) is 12.5. The molecule has 6 aromatic rings. The fourth-order valence-corrected chi connectivity index (χ4v) is 13.3. The van der Waals surface area contributed by atoms with E-state index >= 15 is 0 Å². The molecule has 0 spiro atoms. The highest BCUT2D eigenvalue weighted by molar-refractivity contribution is 8.29. The van der Waals surface area contributed by atoms with E-state index in [2.05, 4.69) is 208 Å². The topological polar surface area (TPSA) is 58.0 Å². The molecule has 9 heteroatoms. The highest BCUT2D eigenvalue weighted by atomic mass is 32.3. The Bertz CT molecular complexity index is 2930. The number of para-hydroxylation sites is 2. The molecular formula is C57H60N3O3S3+. The Morgan fingerprint density at radius 3 is 1.88 bits per heavy atom. The number of anilines is 2. The van der Waals surface area contributed by atoms with Gasteiger partial charge in [-0.25, -0.2) is 0 Å². The number of aryl methyl sites for hydroxylation is 4. The van der Waals surface area contributed by atoms with Crippen LogP contribution in [-0.2, 0) is 4.28 Å². The van der Waals surface area contributed by atoms with Gasteiger partial charge in [0.25, 0.3) is 0 Å². The molecule has 0 amide bonds. The van der Waals surface area contributed by atoms with Crippen molar-refractivity contribution >= 4 is 61.9 Å². The Hall–Kier alpha value is -5.74. The lowest BCUT2D eigenvalue weighted by atomic mass is 9.93. The van der Waals surface area contributed by atoms with Crippen LogP contribution in [0.3, 0.4) is 0 Å². The summed E-state index contributed by atoms with van der Waals surface area (Å²) in [5.41, 5.74) is 12.3. The van der Waals surface area contributed by atoms with Crippen LogP contribution in [0.25, 0.3) is 33.4 Å². The summed E-state index contributed by atoms with van der Waals surface area (Å²) >= 11 is 3.80. The molecule has 0 saturated heterocycles. The maximum absolute atomic E-state index is 12.0. The van der Waals surface area contributed by atoms with E-state index in [1.807, 2.05) is 29.6 Å². The normalized spacial score (nSPS) is 12.3. The van der Waals surface area contributed by atoms with E-state index in [0.717, 1.165) is 86.8 Å². The van der Waals surface area contributed by atoms with E-state index in [-0.39, 0.29) is 0 Å². The van der Waals surface area contributed by atoms with Crippen LogP contribution in [0.1, 0.15) is 48.9 Å². The second kappa shape index (κ2) is 21.7. The fourth-order valence-electron chi connectivity index (χ4n) is 9.27. The van der Waals surface area contributed by atoms with Crippen LogP contribution in [-0.4, -0.2) is 36.1 Å². The molecular weight excluding hydrogens is 871 g/mol. The van der Waals surface area contributed by atoms with Gasteiger partial charge in [-0.2, -0.15) is 4.58 Å². The maximum atomic E-state index is 12.0. The first-order valence-electron chi connectivity index (χ1n) is 23.0. The second-order valence-electron chi connectivity index (χ2n) is 16.7. The molecule has 8 rings (SSSR count). The van der Waals surface area contributed by atoms with Crippen LogP contribution in [0.5, 0.6) is 0 Å². The van der Waals surface area contributed by atoms with Crippen molar-refractivity contribution in [3.63, 3.8) is 0 Å². The summed E-state index contributed by atoms with van der Waals surface area (Å²) in [6.07, 6.45) is 1.98. The highest BCUT2D eigenvalue weighted by Gasteiger charge is 2.32. The number of nitrogens with zero attached hydrogens (tertiary/aromatic N) is 3. The van der Waals surface area contributed by atoms with Gasteiger partial charge in [-0.05, 0) is 115 Å². The average molecular weight is 931 g/mol. The standard InChI is InChI=1S/C57H60N3O3S3/c1-7-66(8-2,63-58-61)54-30-16-15-29-51(54)55-49-33-31-45(59(56-41(3)21-17-22-42(56)4)35-19-37-64-47-25-11-9-12-26-47)39-52(49)62-53-40-46(32-34-50(53)55)60(57-43(5)23-18-24-44(57)6)36-20-38-65-48-27-13-10-14-28-48/h9-18,21-34,39-40H,7-8,19-20,35-38H2,1-6H3/q+1. The molecule has 1 aliphatic carbocycles. The quantitative estimate of drug-likeness (QED) is 0.0201. The van der Waals surface area contributed by atoms with Gasteiger partial charge in [0.15, 0.2) is 5.34 Å². The first kappa shape index (κ1) is 46.8. The van der Waals surface area contributed by atoms with Gasteiger partial charge < -0.3 is 13.6 Å². The lowest BCUT2D eigenvalue weighted by molar-refractivity contribution is 0.377. The predicted octanol–water partition coefficient (Wildman–Crippen LogP) is 15.9. The molecule has 0 atom stereocenters. The third-order valence-corrected chi connectivity index (χ3v) is 18.0. The molecule has 0 aromatic heterocycles. The maximum Gasteiger partial charge on any atom is 0.211 e. The molecule has 0 bridgehead atoms. The van der Waals surface area contributed by atoms with Gasteiger partial charge in [-0.3, -0.25) is 0 Å². The van der Waals surface area contributed by atoms with Crippen LogP contribution < -0.4 is 14.8 Å². The Morgan fingerprint density at radius 1 is 0.636 bits per heavy atom. The van der Waals surface area contributed by atoms with E-state index in [4.69, 9.17) is 8.70 Å². The molecule has 2 aliphatic rings. The van der Waals surface area contributed by atoms with Crippen molar-refractivity contribution in [2.75, 3.05) is 41.0 Å². The molecule has 6 aromatic carbocycles. The summed E-state index contributed by atoms with van der Waals surface area (Å²) in [6.45, 7) is 14.7. The van der Waals surface area contributed by atoms with E-state index in [0.29, 0.717) is 11.5 Å². The molecule has 0 unspecified atom stereocenters. The summed E-state index contributed by atoms with van der Waals surface area (Å²) in [7, 11) is -2.05. The second-order valence-corrected chi connectivity index (χ2v) is 22.4. The van der Waals surface area contributed by atoms with Gasteiger partial charge in [0.2, 0.25) is 11.0 Å². The number of benzene rings is 7. The monoisotopic (exact) mass is 930 g/mol. The number of fused-ring (bicyclic) bond motifs is 2. The summed E-state index contributed by atoms with van der Waals surface area (Å²) in [5, 5.41) is 5.16. The number of thioether (sulfide) groups is 2. The predicted molar refractivity (Wildman–Crippen MR) is 284 cm³/mol. The van der Waals surface area contributed by atoms with E-state index in [9.17, 15) is 4.91 Å². The summed E-state index contributed by atoms with van der Waals surface area (Å²) < 4.78 is 15.6. The summed E-state index contributed by atoms with van der Waals surface area (Å²) in [6, 6.07) is 56.3. The molecule has 0 saturated carbocycles. The Kier molecular flexibility index (Phi) is 15.4. The van der Waals surface area contributed by atoms with Crippen LogP contribution in [0.15, 0.2) is 182 Å². The van der Waals surface area contributed by atoms with Crippen molar-refractivity contribution in [2.24, 2.45) is 5.34 Å². The SMILES string of the molecule is CCS(CC)(ON=O)c1ccccc1-c1c2ccc(=[N+](CCCSc3ccccc3)c3c(C)cccc3C)cc-2oc2cc(N(CCCSc3ccccc3)c3c(C)cccc3C)ccc12. The van der Waals surface area contributed by atoms with Gasteiger partial charge in [0, 0.05) is 96.1 Å². The van der Waals surface area contributed by atoms with Gasteiger partial charge in [0.05, 0.1) is 6.07 Å². The molecule has 1 heterocycles. The minimum Gasteiger partial charge on any atom is -0.456 e. The van der Waals surface area contributed by atoms with E-state index in [1.165, 1.54) is 43.4 Å². The van der Waals surface area contributed by atoms with Crippen molar-refractivity contribution in [3.8, 4) is 22.5 Å². The zero-order chi connectivity index (χ0) is 46.0. The van der Waals surface area contributed by atoms with Crippen molar-refractivity contribution in [3.05, 3.63) is 190 Å². The lowest BCUT2D eigenvalue weighted by Crippen LogP contribution is -2.28. The minimum absolute atomic E-state index is 0.661. The highest BCUT2D eigenvalue weighted by Crippen LogP contribution is 2.60. The smallest absolute Gasteiger partial charge is 0.211 e. The molecule has 338 valence electrons. The van der Waals surface area contributed by atoms with Crippen molar-refractivity contribution < 1.29 is 8.70 Å². The van der Waals surface area contributed by atoms with Crippen molar-refractivity contribution in [1.82, 2.24) is 4.58 Å². The number of rotatable bonds is 19. The molecule has 0 radical (unpaired) electrons. The number of hydrogen-bond acceptors (Lipinski definition) is 7. The average Bonchev–Trinajstić information content (AvgIpc) is 3.34. The van der Waals surface area contributed by atoms with Gasteiger partial charge in [0.1, 0.15) is 17.9 Å². The molecule has 0 N–H and O–H groups in total. The molecule has 1 aliphatic heterocycles. The minimum atomic E-state index is -2.05. The summed E-state index contributed by atoms with van der Waals surface area (Å²) in [5.74, 6) is 4.10. The van der Waals surface area contributed by atoms with Crippen LogP contribution >= 0.6 is 33.8 Å². The summed E-state index contributed by atoms with van der Waals surface area (Å²) in [4.78, 5) is 18.0. The Balaban J connectivity index is 1.33. The first-order valence-corrected chi connectivity index (χ1v) is 26.9. The van der Waals surface area contributed by atoms with Gasteiger partial charge >= 0.3 is 0 Å². The largest absolute Gasteiger partial charge is 0.456 e. The van der Waals surface area contributed by atoms with Crippen LogP contribution in [0.4, 0.5) is 17.1 Å². The lowest BCUT2D eigenvalue weighted by Gasteiger charge is -2.35. The fraction of sp³-hybridized carbons (Fsp3) is 0.246. The van der Waals surface area contributed by atoms with E-state index in [1.54, 1.807) is 0 Å². The van der Waals surface area contributed by atoms with Crippen molar-refractivity contribution in [2.45, 2.75) is 69.1 Å². The van der Waals surface area contributed by atoms with Crippen molar-refractivity contribution in [1.29, 1.82) is 0 Å². The zero-order valence-electron chi connectivity index (χ0n) is 39.0. The van der Waals surface area contributed by atoms with Crippen LogP contribution in [0, 0.1) is 32.6 Å².